The minimum atomic E-state index is -0.697. The smallest absolute Gasteiger partial charge is 0.345 e. The normalized spacial score (nSPS) is 16.1. The minimum Gasteiger partial charge on any atom is -0.508 e. The molecule has 24 heavy (non-hydrogen) atoms. The molecule has 6 nitrogen and oxygen atoms in total. The van der Waals surface area contributed by atoms with Gasteiger partial charge in [-0.3, -0.25) is 0 Å². The van der Waals surface area contributed by atoms with E-state index in [4.69, 9.17) is 9.47 Å². The van der Waals surface area contributed by atoms with Crippen LogP contribution in [-0.4, -0.2) is 27.9 Å². The number of phenols is 3. The Morgan fingerprint density at radius 2 is 1.92 bits per heavy atom. The summed E-state index contributed by atoms with van der Waals surface area (Å²) < 4.78 is 10.9. The van der Waals surface area contributed by atoms with E-state index in [1.807, 2.05) is 0 Å². The largest absolute Gasteiger partial charge is 0.508 e. The van der Waals surface area contributed by atoms with Gasteiger partial charge in [0, 0.05) is 11.6 Å². The summed E-state index contributed by atoms with van der Waals surface area (Å²) in [5.74, 6) is -0.888. The van der Waals surface area contributed by atoms with Gasteiger partial charge in [-0.2, -0.15) is 0 Å². The maximum atomic E-state index is 12.2. The van der Waals surface area contributed by atoms with E-state index in [0.717, 1.165) is 11.6 Å². The molecule has 0 radical (unpaired) electrons. The van der Waals surface area contributed by atoms with Gasteiger partial charge >= 0.3 is 5.97 Å². The zero-order valence-corrected chi connectivity index (χ0v) is 13.2. The topological polar surface area (TPSA) is 96.2 Å². The number of ether oxygens (including phenoxy) is 2. The van der Waals surface area contributed by atoms with Crippen molar-refractivity contribution >= 4 is 5.97 Å². The third-order valence-corrected chi connectivity index (χ3v) is 4.00. The summed E-state index contributed by atoms with van der Waals surface area (Å²) in [6.45, 7) is 1.83. The first-order chi connectivity index (χ1) is 11.5. The monoisotopic (exact) mass is 330 g/mol. The van der Waals surface area contributed by atoms with Crippen LogP contribution in [0.1, 0.15) is 40.9 Å². The van der Waals surface area contributed by atoms with Crippen molar-refractivity contribution in [1.29, 1.82) is 0 Å². The zero-order valence-electron chi connectivity index (χ0n) is 13.2. The van der Waals surface area contributed by atoms with E-state index in [1.165, 1.54) is 0 Å². The van der Waals surface area contributed by atoms with Crippen molar-refractivity contribution < 1.29 is 29.6 Å². The molecule has 0 spiro atoms. The van der Waals surface area contributed by atoms with Crippen molar-refractivity contribution in [2.75, 3.05) is 6.61 Å². The first-order valence-electron chi connectivity index (χ1n) is 7.71. The Balaban J connectivity index is 2.02. The number of phenolic OH excluding ortho intramolecular Hbond substituents is 3. The van der Waals surface area contributed by atoms with E-state index >= 15 is 0 Å². The first kappa shape index (κ1) is 16.0. The first-order valence-corrected chi connectivity index (χ1v) is 7.71. The fourth-order valence-corrected chi connectivity index (χ4v) is 2.84. The maximum absolute atomic E-state index is 12.2. The molecule has 0 aliphatic carbocycles. The summed E-state index contributed by atoms with van der Waals surface area (Å²) in [4.78, 5) is 12.2. The number of benzene rings is 2. The average Bonchev–Trinajstić information content (AvgIpc) is 2.55. The molecule has 2 aromatic carbocycles. The Morgan fingerprint density at radius 1 is 1.21 bits per heavy atom. The molecule has 126 valence electrons. The number of hydrogen-bond donors (Lipinski definition) is 3. The van der Waals surface area contributed by atoms with Gasteiger partial charge in [0.15, 0.2) is 0 Å². The number of esters is 1. The van der Waals surface area contributed by atoms with Crippen molar-refractivity contribution in [3.05, 3.63) is 47.0 Å². The molecular formula is C18H18O6. The Morgan fingerprint density at radius 3 is 2.58 bits per heavy atom. The van der Waals surface area contributed by atoms with Gasteiger partial charge in [-0.25, -0.2) is 4.79 Å². The molecule has 0 amide bonds. The highest BCUT2D eigenvalue weighted by atomic mass is 16.5. The second kappa shape index (κ2) is 6.31. The van der Waals surface area contributed by atoms with Crippen LogP contribution in [0.5, 0.6) is 23.0 Å². The van der Waals surface area contributed by atoms with Gasteiger partial charge in [-0.15, -0.1) is 0 Å². The van der Waals surface area contributed by atoms with Crippen molar-refractivity contribution in [1.82, 2.24) is 0 Å². The third-order valence-electron chi connectivity index (χ3n) is 4.00. The number of carbonyl (C=O) groups excluding carboxylic acids is 1. The fraction of sp³-hybridized carbons (Fsp3) is 0.278. The maximum Gasteiger partial charge on any atom is 0.345 e. The van der Waals surface area contributed by atoms with Crippen LogP contribution in [0.25, 0.3) is 0 Å². The Bertz CT molecular complexity index is 766. The molecule has 0 fully saturated rings. The highest BCUT2D eigenvalue weighted by Crippen LogP contribution is 2.45. The summed E-state index contributed by atoms with van der Waals surface area (Å²) in [5, 5.41) is 29.5. The van der Waals surface area contributed by atoms with Crippen molar-refractivity contribution in [3.8, 4) is 23.0 Å². The predicted octanol–water partition coefficient (Wildman–Crippen LogP) is 3.05. The number of hydrogen-bond acceptors (Lipinski definition) is 6. The highest BCUT2D eigenvalue weighted by Gasteiger charge is 2.31. The van der Waals surface area contributed by atoms with E-state index in [0.29, 0.717) is 18.4 Å². The number of carbonyl (C=O) groups is 1. The molecule has 3 N–H and O–H groups in total. The summed E-state index contributed by atoms with van der Waals surface area (Å²) in [5.41, 5.74) is 1.23. The Kier molecular flexibility index (Phi) is 4.20. The van der Waals surface area contributed by atoms with Crippen molar-refractivity contribution in [2.24, 2.45) is 0 Å². The molecule has 0 bridgehead atoms. The highest BCUT2D eigenvalue weighted by molar-refractivity contribution is 5.96. The standard InChI is InChI=1S/C18H18O6/c1-2-23-18(22)16-14(21)9-13(20)12-7-8-15(24-17(12)16)10-3-5-11(19)6-4-10/h3-6,9,15,19-21H,2,7-8H2,1H3/t15-/m0/s1. The van der Waals surface area contributed by atoms with Crippen LogP contribution in [0.3, 0.4) is 0 Å². The molecule has 1 heterocycles. The molecule has 0 unspecified atom stereocenters. The molecule has 3 rings (SSSR count). The molecule has 1 aliphatic rings. The second-order valence-electron chi connectivity index (χ2n) is 5.55. The Labute approximate surface area is 138 Å². The van der Waals surface area contributed by atoms with Gasteiger partial charge in [-0.05, 0) is 37.5 Å². The quantitative estimate of drug-likeness (QED) is 0.749. The van der Waals surface area contributed by atoms with Crippen molar-refractivity contribution in [2.45, 2.75) is 25.9 Å². The van der Waals surface area contributed by atoms with Gasteiger partial charge in [0.05, 0.1) is 6.61 Å². The van der Waals surface area contributed by atoms with Crippen LogP contribution < -0.4 is 4.74 Å². The van der Waals surface area contributed by atoms with Crippen LogP contribution in [0.15, 0.2) is 30.3 Å². The van der Waals surface area contributed by atoms with E-state index in [-0.39, 0.29) is 41.3 Å². The predicted molar refractivity (Wildman–Crippen MR) is 85.5 cm³/mol. The molecule has 0 saturated heterocycles. The second-order valence-corrected chi connectivity index (χ2v) is 5.55. The SMILES string of the molecule is CCOC(=O)c1c(O)cc(O)c2c1O[C@H](c1ccc(O)cc1)CC2. The van der Waals surface area contributed by atoms with Crippen LogP contribution in [0, 0.1) is 0 Å². The number of rotatable bonds is 3. The van der Waals surface area contributed by atoms with Gasteiger partial charge in [0.1, 0.15) is 34.7 Å². The third kappa shape index (κ3) is 2.82. The zero-order chi connectivity index (χ0) is 17.3. The molecular weight excluding hydrogens is 312 g/mol. The van der Waals surface area contributed by atoms with E-state index < -0.39 is 5.97 Å². The molecule has 1 aliphatic heterocycles. The van der Waals surface area contributed by atoms with Crippen LogP contribution in [0.4, 0.5) is 0 Å². The number of aromatic hydroxyl groups is 3. The van der Waals surface area contributed by atoms with Crippen LogP contribution in [-0.2, 0) is 11.2 Å². The summed E-state index contributed by atoms with van der Waals surface area (Å²) >= 11 is 0. The fourth-order valence-electron chi connectivity index (χ4n) is 2.84. The summed E-state index contributed by atoms with van der Waals surface area (Å²) in [6.07, 6.45) is 0.727. The molecule has 0 aromatic heterocycles. The van der Waals surface area contributed by atoms with E-state index in [9.17, 15) is 20.1 Å². The lowest BCUT2D eigenvalue weighted by atomic mass is 9.94. The lowest BCUT2D eigenvalue weighted by molar-refractivity contribution is 0.0512. The lowest BCUT2D eigenvalue weighted by Gasteiger charge is -2.28. The van der Waals surface area contributed by atoms with Gasteiger partial charge in [0.2, 0.25) is 0 Å². The van der Waals surface area contributed by atoms with Gasteiger partial charge < -0.3 is 24.8 Å². The van der Waals surface area contributed by atoms with Gasteiger partial charge in [-0.1, -0.05) is 12.1 Å². The minimum absolute atomic E-state index is 0.0758. The average molecular weight is 330 g/mol. The van der Waals surface area contributed by atoms with E-state index in [2.05, 4.69) is 0 Å². The van der Waals surface area contributed by atoms with Gasteiger partial charge in [0.25, 0.3) is 0 Å². The molecule has 0 saturated carbocycles. The van der Waals surface area contributed by atoms with Crippen LogP contribution in [0.2, 0.25) is 0 Å². The van der Waals surface area contributed by atoms with Crippen molar-refractivity contribution in [3.63, 3.8) is 0 Å². The number of fused-ring (bicyclic) bond motifs is 1. The van der Waals surface area contributed by atoms with E-state index in [1.54, 1.807) is 31.2 Å². The summed E-state index contributed by atoms with van der Waals surface area (Å²) in [6, 6.07) is 7.71. The molecule has 2 aromatic rings. The van der Waals surface area contributed by atoms with Crippen LogP contribution >= 0.6 is 0 Å². The molecule has 1 atom stereocenters. The summed E-state index contributed by atoms with van der Waals surface area (Å²) in [7, 11) is 0. The Hall–Kier alpha value is -2.89. The molecule has 6 heteroatoms. The lowest BCUT2D eigenvalue weighted by Crippen LogP contribution is -2.19.